The quantitative estimate of drug-likeness (QED) is 0.233. The third-order valence-electron chi connectivity index (χ3n) is 15.0. The number of methoxy groups -OCH3 is 1. The van der Waals surface area contributed by atoms with E-state index in [9.17, 15) is 30.0 Å². The molecule has 1 aromatic rings. The number of amides is 1. The van der Waals surface area contributed by atoms with Gasteiger partial charge < -0.3 is 63.2 Å². The number of cyclic esters (lactones) is 1. The van der Waals surface area contributed by atoms with Crippen LogP contribution in [0.15, 0.2) is 30.3 Å². The smallest absolute Gasteiger partial charge is 0.410 e. The van der Waals surface area contributed by atoms with E-state index in [-0.39, 0.29) is 43.6 Å². The minimum Gasteiger partial charge on any atom is -0.459 e. The van der Waals surface area contributed by atoms with E-state index in [1.54, 1.807) is 32.6 Å². The van der Waals surface area contributed by atoms with E-state index in [1.807, 2.05) is 58.0 Å². The van der Waals surface area contributed by atoms with E-state index >= 15 is 0 Å². The van der Waals surface area contributed by atoms with Crippen molar-refractivity contribution in [2.75, 3.05) is 33.3 Å². The summed E-state index contributed by atoms with van der Waals surface area (Å²) in [6, 6.07) is 9.19. The fraction of sp³-hybridized carbons (Fsp3) is 0.830. The number of benzene rings is 1. The van der Waals surface area contributed by atoms with Gasteiger partial charge in [0.1, 0.15) is 30.5 Å². The molecule has 4 N–H and O–H groups in total. The molecule has 5 aliphatic heterocycles. The number of aliphatic hydroxyl groups excluding tert-OH is 3. The fourth-order valence-corrected chi connectivity index (χ4v) is 11.1. The molecule has 16 nitrogen and oxygen atoms in total. The zero-order valence-electron chi connectivity index (χ0n) is 39.3. The van der Waals surface area contributed by atoms with E-state index < -0.39 is 102 Å². The van der Waals surface area contributed by atoms with Gasteiger partial charge >= 0.3 is 12.1 Å². The van der Waals surface area contributed by atoms with Crippen LogP contribution in [0.25, 0.3) is 0 Å². The van der Waals surface area contributed by atoms with Gasteiger partial charge in [-0.25, -0.2) is 4.79 Å². The van der Waals surface area contributed by atoms with Gasteiger partial charge in [-0.05, 0) is 72.3 Å². The molecule has 6 rings (SSSR count). The van der Waals surface area contributed by atoms with E-state index in [0.29, 0.717) is 39.0 Å². The molecule has 16 heteroatoms. The third kappa shape index (κ3) is 10.6. The highest BCUT2D eigenvalue weighted by atomic mass is 16.7. The van der Waals surface area contributed by atoms with E-state index in [0.717, 1.165) is 5.56 Å². The molecule has 63 heavy (non-hydrogen) atoms. The van der Waals surface area contributed by atoms with Crippen LogP contribution >= 0.6 is 0 Å². The normalized spacial score (nSPS) is 43.3. The Balaban J connectivity index is 1.29. The number of nitrogens with zero attached hydrogens (tertiary/aromatic N) is 2. The van der Waals surface area contributed by atoms with Crippen molar-refractivity contribution < 1.29 is 67.9 Å². The van der Waals surface area contributed by atoms with Gasteiger partial charge in [0.25, 0.3) is 0 Å². The van der Waals surface area contributed by atoms with Crippen LogP contribution in [0.2, 0.25) is 0 Å². The van der Waals surface area contributed by atoms with Crippen LogP contribution in [0, 0.1) is 23.7 Å². The van der Waals surface area contributed by atoms with Gasteiger partial charge in [-0.1, -0.05) is 58.0 Å². The number of hydrogen-bond donors (Lipinski definition) is 4. The molecule has 5 aliphatic rings. The van der Waals surface area contributed by atoms with Gasteiger partial charge in [-0.3, -0.25) is 9.69 Å². The SMILES string of the molecule is CC[C@@H](O)[C@@](C)(O)[C@@H]1OC(=O)[C@H](C)[C@@H](O[C@H]2CC(C)(OC)[C@@H](O)C(C)O2)[C@H](C)[C@@H](O[C@@H]2OC(C)CC(N3CCN(C(=O)OCc4ccccc4)CC3)C2O)[C@@]2(C)CC(C)C(O2)[C@@H]1C. The molecule has 0 aromatic heterocycles. The summed E-state index contributed by atoms with van der Waals surface area (Å²) in [6.07, 6.45) is -8.66. The minimum atomic E-state index is -1.82. The summed E-state index contributed by atoms with van der Waals surface area (Å²) >= 11 is 0. The zero-order valence-corrected chi connectivity index (χ0v) is 39.3. The van der Waals surface area contributed by atoms with Crippen LogP contribution in [-0.2, 0) is 49.3 Å². The van der Waals surface area contributed by atoms with Crippen molar-refractivity contribution in [3.05, 3.63) is 35.9 Å². The lowest BCUT2D eigenvalue weighted by atomic mass is 9.76. The predicted octanol–water partition coefficient (Wildman–Crippen LogP) is 4.02. The molecular weight excluding hydrogens is 817 g/mol. The van der Waals surface area contributed by atoms with Gasteiger partial charge in [0.15, 0.2) is 12.6 Å². The fourth-order valence-electron chi connectivity index (χ4n) is 11.1. The molecule has 1 aromatic carbocycles. The van der Waals surface area contributed by atoms with Crippen LogP contribution in [0.4, 0.5) is 4.79 Å². The summed E-state index contributed by atoms with van der Waals surface area (Å²) in [6.45, 7) is 20.3. The molecular formula is C47H76N2O14. The highest BCUT2D eigenvalue weighted by Gasteiger charge is 2.59. The number of aliphatic hydroxyl groups is 4. The number of esters is 1. The molecule has 2 bridgehead atoms. The summed E-state index contributed by atoms with van der Waals surface area (Å²) in [5, 5.41) is 46.3. The number of carbonyl (C=O) groups is 2. The highest BCUT2D eigenvalue weighted by molar-refractivity contribution is 5.73. The molecule has 0 saturated carbocycles. The van der Waals surface area contributed by atoms with Gasteiger partial charge in [0.05, 0.1) is 53.7 Å². The van der Waals surface area contributed by atoms with Gasteiger partial charge in [-0.2, -0.15) is 0 Å². The molecule has 5 saturated heterocycles. The van der Waals surface area contributed by atoms with Crippen LogP contribution in [0.3, 0.4) is 0 Å². The van der Waals surface area contributed by atoms with E-state index in [2.05, 4.69) is 11.8 Å². The number of rotatable bonds is 11. The van der Waals surface area contributed by atoms with Crippen molar-refractivity contribution in [1.29, 1.82) is 0 Å². The Hall–Kier alpha value is -2.48. The molecule has 0 radical (unpaired) electrons. The maximum atomic E-state index is 14.5. The first-order chi connectivity index (χ1) is 29.6. The lowest BCUT2D eigenvalue weighted by molar-refractivity contribution is -0.319. The summed E-state index contributed by atoms with van der Waals surface area (Å²) in [7, 11) is 1.52. The predicted molar refractivity (Wildman–Crippen MR) is 230 cm³/mol. The van der Waals surface area contributed by atoms with Crippen molar-refractivity contribution in [3.63, 3.8) is 0 Å². The third-order valence-corrected chi connectivity index (χ3v) is 15.0. The van der Waals surface area contributed by atoms with Crippen molar-refractivity contribution in [2.45, 2.75) is 192 Å². The summed E-state index contributed by atoms with van der Waals surface area (Å²) < 4.78 is 51.4. The summed E-state index contributed by atoms with van der Waals surface area (Å²) in [5.41, 5.74) is -2.96. The number of piperazine rings is 1. The van der Waals surface area contributed by atoms with E-state index in [1.165, 1.54) is 14.0 Å². The average molecular weight is 893 g/mol. The first-order valence-electron chi connectivity index (χ1n) is 23.2. The second kappa shape index (κ2) is 20.2. The summed E-state index contributed by atoms with van der Waals surface area (Å²) in [5.74, 6) is -2.92. The first kappa shape index (κ1) is 49.9. The first-order valence-corrected chi connectivity index (χ1v) is 23.2. The van der Waals surface area contributed by atoms with Crippen LogP contribution < -0.4 is 0 Å². The molecule has 358 valence electrons. The lowest BCUT2D eigenvalue weighted by Gasteiger charge is -2.49. The Bertz CT molecular complexity index is 1670. The van der Waals surface area contributed by atoms with Crippen LogP contribution in [-0.4, -0.2) is 166 Å². The molecule has 0 aliphatic carbocycles. The van der Waals surface area contributed by atoms with Crippen molar-refractivity contribution >= 4 is 12.1 Å². The number of carbonyl (C=O) groups excluding carboxylic acids is 2. The second-order valence-corrected chi connectivity index (χ2v) is 19.9. The maximum Gasteiger partial charge on any atom is 0.410 e. The minimum absolute atomic E-state index is 0.110. The number of hydrogen-bond acceptors (Lipinski definition) is 15. The topological polar surface area (TPSA) is 195 Å². The van der Waals surface area contributed by atoms with Crippen molar-refractivity contribution in [2.24, 2.45) is 23.7 Å². The monoisotopic (exact) mass is 893 g/mol. The van der Waals surface area contributed by atoms with Crippen LogP contribution in [0.1, 0.15) is 100 Å². The molecule has 5 heterocycles. The average Bonchev–Trinajstić information content (AvgIpc) is 3.58. The standard InChI is InChI=1S/C47H76N2O14/c1-12-34(50)47(10,55)41-28(4)37-26(2)23-46(9,63-37)40(29(5)38(30(6)42(53)61-41)60-35-24-45(8,56-11)39(52)31(7)59-35)62-43-36(51)33(22-27(3)58-43)48-18-20-49(21-19-48)44(54)57-25-32-16-14-13-15-17-32/h13-17,26-31,33-41,43,50-52,55H,12,18-25H2,1-11H3/t26?,27?,28-,29-,30+,31?,33?,34+,35-,36?,37?,38-,39-,40+,41+,43-,45?,46+,47+/m0/s1. The van der Waals surface area contributed by atoms with Crippen LogP contribution in [0.5, 0.6) is 0 Å². The maximum absolute atomic E-state index is 14.5. The molecule has 7 unspecified atom stereocenters. The molecule has 1 amide bonds. The zero-order chi connectivity index (χ0) is 46.2. The number of ether oxygens (including phenoxy) is 8. The van der Waals surface area contributed by atoms with Gasteiger partial charge in [-0.15, -0.1) is 0 Å². The number of fused-ring (bicyclic) bond motifs is 2. The lowest BCUT2D eigenvalue weighted by Crippen LogP contribution is -2.62. The largest absolute Gasteiger partial charge is 0.459 e. The Morgan fingerprint density at radius 2 is 1.63 bits per heavy atom. The Morgan fingerprint density at radius 1 is 0.968 bits per heavy atom. The molecule has 0 spiro atoms. The Labute approximate surface area is 373 Å². The Kier molecular flexibility index (Phi) is 16.0. The van der Waals surface area contributed by atoms with Crippen molar-refractivity contribution in [1.82, 2.24) is 9.80 Å². The molecule has 19 atom stereocenters. The van der Waals surface area contributed by atoms with Gasteiger partial charge in [0.2, 0.25) is 0 Å². The van der Waals surface area contributed by atoms with E-state index in [4.69, 9.17) is 37.9 Å². The Morgan fingerprint density at radius 3 is 2.27 bits per heavy atom. The highest BCUT2D eigenvalue weighted by Crippen LogP contribution is 2.48. The second-order valence-electron chi connectivity index (χ2n) is 19.9. The van der Waals surface area contributed by atoms with Crippen molar-refractivity contribution in [3.8, 4) is 0 Å². The summed E-state index contributed by atoms with van der Waals surface area (Å²) in [4.78, 5) is 31.4. The van der Waals surface area contributed by atoms with Gasteiger partial charge in [0, 0.05) is 57.6 Å². The molecule has 5 fully saturated rings.